The van der Waals surface area contributed by atoms with E-state index in [2.05, 4.69) is 44.9 Å². The van der Waals surface area contributed by atoms with Gasteiger partial charge in [-0.3, -0.25) is 4.79 Å². The van der Waals surface area contributed by atoms with Crippen LogP contribution in [0.5, 0.6) is 0 Å². The van der Waals surface area contributed by atoms with Crippen molar-refractivity contribution in [1.29, 1.82) is 0 Å². The Hall–Kier alpha value is -1.55. The third-order valence-corrected chi connectivity index (χ3v) is 6.70. The van der Waals surface area contributed by atoms with E-state index >= 15 is 0 Å². The Morgan fingerprint density at radius 2 is 2.00 bits per heavy atom. The first kappa shape index (κ1) is 17.8. The number of fused-ring (bicyclic) bond motifs is 3. The van der Waals surface area contributed by atoms with Crippen molar-refractivity contribution in [2.45, 2.75) is 58.3 Å². The van der Waals surface area contributed by atoms with E-state index in [-0.39, 0.29) is 23.9 Å². The molecule has 26 heavy (non-hydrogen) atoms. The Bertz CT molecular complexity index is 673. The van der Waals surface area contributed by atoms with Gasteiger partial charge in [-0.1, -0.05) is 45.4 Å². The zero-order valence-corrected chi connectivity index (χ0v) is 16.4. The fourth-order valence-corrected chi connectivity index (χ4v) is 5.24. The highest BCUT2D eigenvalue weighted by atomic mass is 16.7. The number of rotatable bonds is 3. The van der Waals surface area contributed by atoms with Crippen molar-refractivity contribution in [2.75, 3.05) is 18.5 Å². The number of carbonyl (C=O) groups is 1. The lowest BCUT2D eigenvalue weighted by Crippen LogP contribution is -2.43. The average molecular weight is 357 g/mol. The number of ether oxygens (including phenoxy) is 2. The van der Waals surface area contributed by atoms with Crippen molar-refractivity contribution in [3.8, 4) is 0 Å². The Kier molecular flexibility index (Phi) is 4.72. The summed E-state index contributed by atoms with van der Waals surface area (Å²) in [6.45, 7) is 7.67. The summed E-state index contributed by atoms with van der Waals surface area (Å²) in [4.78, 5) is 14.9. The number of para-hydroxylation sites is 1. The molecule has 1 aromatic rings. The van der Waals surface area contributed by atoms with Crippen LogP contribution < -0.4 is 4.90 Å². The molecule has 4 nitrogen and oxygen atoms in total. The first-order valence-electron chi connectivity index (χ1n) is 10.1. The predicted molar refractivity (Wildman–Crippen MR) is 102 cm³/mol. The maximum absolute atomic E-state index is 12.7. The molecule has 0 radical (unpaired) electrons. The fourth-order valence-electron chi connectivity index (χ4n) is 5.24. The predicted octanol–water partition coefficient (Wildman–Crippen LogP) is 4.20. The van der Waals surface area contributed by atoms with Gasteiger partial charge in [0.2, 0.25) is 6.29 Å². The molecule has 1 saturated carbocycles. The molecule has 0 spiro atoms. The summed E-state index contributed by atoms with van der Waals surface area (Å²) in [6.07, 6.45) is 3.33. The summed E-state index contributed by atoms with van der Waals surface area (Å²) in [5, 5.41) is 0. The van der Waals surface area contributed by atoms with Crippen molar-refractivity contribution in [1.82, 2.24) is 0 Å². The van der Waals surface area contributed by atoms with E-state index in [1.165, 1.54) is 12.8 Å². The number of cyclic esters (lactones) is 1. The molecule has 4 rings (SSSR count). The van der Waals surface area contributed by atoms with Crippen LogP contribution in [0.15, 0.2) is 24.3 Å². The molecular formula is C22H31NO3. The minimum atomic E-state index is -0.417. The van der Waals surface area contributed by atoms with Crippen molar-refractivity contribution in [2.24, 2.45) is 23.7 Å². The molecule has 0 amide bonds. The summed E-state index contributed by atoms with van der Waals surface area (Å²) in [5.41, 5.74) is 2.22. The molecule has 142 valence electrons. The van der Waals surface area contributed by atoms with Gasteiger partial charge in [-0.15, -0.1) is 0 Å². The number of hydrogen-bond acceptors (Lipinski definition) is 4. The van der Waals surface area contributed by atoms with Crippen LogP contribution in [0.3, 0.4) is 0 Å². The largest absolute Gasteiger partial charge is 0.435 e. The summed E-state index contributed by atoms with van der Waals surface area (Å²) in [5.74, 6) is 1.59. The number of nitrogens with zero attached hydrogens (tertiary/aromatic N) is 1. The lowest BCUT2D eigenvalue weighted by Gasteiger charge is -2.40. The third kappa shape index (κ3) is 3.02. The van der Waals surface area contributed by atoms with Crippen molar-refractivity contribution in [3.05, 3.63) is 29.8 Å². The van der Waals surface area contributed by atoms with Crippen molar-refractivity contribution in [3.63, 3.8) is 0 Å². The lowest BCUT2D eigenvalue weighted by molar-refractivity contribution is -0.195. The SMILES string of the molecule is CC(C)[C@@H]1CC[C@@H](C)C[C@H]1O[C@@H]1OC(=O)[C@H]2c3ccccc3N(C)C[C@@H]12. The van der Waals surface area contributed by atoms with Gasteiger partial charge in [0.1, 0.15) is 0 Å². The van der Waals surface area contributed by atoms with Gasteiger partial charge >= 0.3 is 5.97 Å². The normalized spacial score (nSPS) is 36.7. The summed E-state index contributed by atoms with van der Waals surface area (Å²) >= 11 is 0. The summed E-state index contributed by atoms with van der Waals surface area (Å²) < 4.78 is 12.3. The van der Waals surface area contributed by atoms with Gasteiger partial charge < -0.3 is 14.4 Å². The van der Waals surface area contributed by atoms with E-state index in [1.54, 1.807) is 0 Å². The molecule has 0 unspecified atom stereocenters. The van der Waals surface area contributed by atoms with Gasteiger partial charge in [-0.2, -0.15) is 0 Å². The first-order valence-corrected chi connectivity index (χ1v) is 10.1. The molecular weight excluding hydrogens is 326 g/mol. The highest BCUT2D eigenvalue weighted by Gasteiger charge is 2.51. The minimum Gasteiger partial charge on any atom is -0.435 e. The van der Waals surface area contributed by atoms with Crippen LogP contribution in [-0.2, 0) is 14.3 Å². The second-order valence-electron chi connectivity index (χ2n) is 8.89. The summed E-state index contributed by atoms with van der Waals surface area (Å²) in [7, 11) is 2.09. The van der Waals surface area contributed by atoms with Crippen LogP contribution in [0.25, 0.3) is 0 Å². The van der Waals surface area contributed by atoms with Gasteiger partial charge in [0.05, 0.1) is 17.9 Å². The van der Waals surface area contributed by atoms with Gasteiger partial charge in [-0.25, -0.2) is 0 Å². The first-order chi connectivity index (χ1) is 12.5. The molecule has 0 bridgehead atoms. The van der Waals surface area contributed by atoms with Crippen LogP contribution in [0.4, 0.5) is 5.69 Å². The number of esters is 1. The van der Waals surface area contributed by atoms with Gasteiger partial charge in [0, 0.05) is 19.3 Å². The molecule has 2 aliphatic heterocycles. The molecule has 3 aliphatic rings. The third-order valence-electron chi connectivity index (χ3n) is 6.70. The molecule has 1 aliphatic carbocycles. The monoisotopic (exact) mass is 357 g/mol. The smallest absolute Gasteiger partial charge is 0.316 e. The van der Waals surface area contributed by atoms with Crippen LogP contribution in [-0.4, -0.2) is 32.0 Å². The van der Waals surface area contributed by atoms with Crippen molar-refractivity contribution >= 4 is 11.7 Å². The number of hydrogen-bond donors (Lipinski definition) is 0. The molecule has 6 atom stereocenters. The average Bonchev–Trinajstić information content (AvgIpc) is 2.90. The van der Waals surface area contributed by atoms with E-state index in [0.717, 1.165) is 24.2 Å². The van der Waals surface area contributed by atoms with Crippen LogP contribution in [0.1, 0.15) is 51.5 Å². The van der Waals surface area contributed by atoms with Gasteiger partial charge in [0.15, 0.2) is 0 Å². The lowest BCUT2D eigenvalue weighted by atomic mass is 9.75. The molecule has 2 fully saturated rings. The van der Waals surface area contributed by atoms with E-state index in [4.69, 9.17) is 9.47 Å². The second kappa shape index (κ2) is 6.88. The quantitative estimate of drug-likeness (QED) is 0.760. The van der Waals surface area contributed by atoms with E-state index < -0.39 is 6.29 Å². The Labute approximate surface area is 156 Å². The minimum absolute atomic E-state index is 0.0763. The van der Waals surface area contributed by atoms with Crippen LogP contribution in [0.2, 0.25) is 0 Å². The maximum Gasteiger partial charge on any atom is 0.316 e. The van der Waals surface area contributed by atoms with E-state index in [1.807, 2.05) is 12.1 Å². The topological polar surface area (TPSA) is 38.8 Å². The highest BCUT2D eigenvalue weighted by Crippen LogP contribution is 2.46. The molecule has 0 N–H and O–H groups in total. The standard InChI is InChI=1S/C22H31NO3/c1-13(2)15-10-9-14(3)11-19(15)25-22-17-12-23(4)18-8-6-5-7-16(18)20(17)21(24)26-22/h5-8,13-15,17,19-20,22H,9-12H2,1-4H3/t14-,15+,17-,19-,20+,22-/m1/s1. The van der Waals surface area contributed by atoms with Crippen LogP contribution >= 0.6 is 0 Å². The van der Waals surface area contributed by atoms with Gasteiger partial charge in [0.25, 0.3) is 0 Å². The second-order valence-corrected chi connectivity index (χ2v) is 8.89. The Balaban J connectivity index is 1.57. The molecule has 2 heterocycles. The molecule has 0 aromatic heterocycles. The summed E-state index contributed by atoms with van der Waals surface area (Å²) in [6, 6.07) is 8.19. The van der Waals surface area contributed by atoms with Gasteiger partial charge in [-0.05, 0) is 42.2 Å². The highest BCUT2D eigenvalue weighted by molar-refractivity contribution is 5.84. The number of carbonyl (C=O) groups excluding carboxylic acids is 1. The number of anilines is 1. The zero-order valence-electron chi connectivity index (χ0n) is 16.4. The Morgan fingerprint density at radius 3 is 2.77 bits per heavy atom. The molecule has 1 saturated heterocycles. The Morgan fingerprint density at radius 1 is 1.23 bits per heavy atom. The molecule has 1 aromatic carbocycles. The number of benzene rings is 1. The maximum atomic E-state index is 12.7. The van der Waals surface area contributed by atoms with E-state index in [9.17, 15) is 4.79 Å². The molecule has 4 heteroatoms. The van der Waals surface area contributed by atoms with E-state index in [0.29, 0.717) is 17.8 Å². The van der Waals surface area contributed by atoms with Crippen molar-refractivity contribution < 1.29 is 14.3 Å². The fraction of sp³-hybridized carbons (Fsp3) is 0.682. The van der Waals surface area contributed by atoms with Crippen LogP contribution in [0, 0.1) is 23.7 Å². The zero-order chi connectivity index (χ0) is 18.4.